The van der Waals surface area contributed by atoms with Gasteiger partial charge in [-0.05, 0) is 47.5 Å². The van der Waals surface area contributed by atoms with Crippen LogP contribution in [0.1, 0.15) is 27.0 Å². The van der Waals surface area contributed by atoms with Crippen LogP contribution in [0.25, 0.3) is 0 Å². The number of carbonyl (C=O) groups excluding carboxylic acids is 2. The van der Waals surface area contributed by atoms with Gasteiger partial charge in [0.25, 0.3) is 5.91 Å². The van der Waals surface area contributed by atoms with E-state index in [0.29, 0.717) is 11.1 Å². The molecule has 4 rings (SSSR count). The first-order valence-electron chi connectivity index (χ1n) is 9.38. The van der Waals surface area contributed by atoms with Gasteiger partial charge in [0.05, 0.1) is 29.8 Å². The molecule has 1 heterocycles. The topological polar surface area (TPSA) is 49.4 Å². The summed E-state index contributed by atoms with van der Waals surface area (Å²) in [6.07, 6.45) is -4.62. The standard InChI is InChI=1S/C23H16F4N2O2/c24-17-7-1-4-14(10-17)11-20(30)28-19-9-2-5-15-13-29(22(31)21(15)19)18-8-3-6-16(12-18)23(25,26)27/h1-10,12H,11,13H2,(H,28,30). The minimum absolute atomic E-state index is 0.0864. The van der Waals surface area contributed by atoms with Crippen LogP contribution in [0, 0.1) is 5.82 Å². The normalized spacial score (nSPS) is 13.3. The molecule has 0 radical (unpaired) electrons. The van der Waals surface area contributed by atoms with E-state index in [9.17, 15) is 27.2 Å². The Morgan fingerprint density at radius 2 is 1.74 bits per heavy atom. The summed E-state index contributed by atoms with van der Waals surface area (Å²) in [5.74, 6) is -1.40. The van der Waals surface area contributed by atoms with E-state index in [2.05, 4.69) is 5.32 Å². The second-order valence-electron chi connectivity index (χ2n) is 7.13. The maximum Gasteiger partial charge on any atom is 0.416 e. The zero-order valence-corrected chi connectivity index (χ0v) is 16.0. The Balaban J connectivity index is 1.57. The van der Waals surface area contributed by atoms with Crippen molar-refractivity contribution in [2.45, 2.75) is 19.1 Å². The summed E-state index contributed by atoms with van der Waals surface area (Å²) in [6, 6.07) is 15.0. The highest BCUT2D eigenvalue weighted by molar-refractivity contribution is 6.15. The Morgan fingerprint density at radius 3 is 2.48 bits per heavy atom. The molecule has 0 aliphatic carbocycles. The zero-order chi connectivity index (χ0) is 22.2. The van der Waals surface area contributed by atoms with Gasteiger partial charge < -0.3 is 10.2 Å². The number of halogens is 4. The minimum atomic E-state index is -4.53. The van der Waals surface area contributed by atoms with Crippen molar-refractivity contribution in [2.24, 2.45) is 0 Å². The average Bonchev–Trinajstić information content (AvgIpc) is 3.05. The highest BCUT2D eigenvalue weighted by atomic mass is 19.4. The molecule has 0 saturated heterocycles. The molecule has 0 aromatic heterocycles. The fraction of sp³-hybridized carbons (Fsp3) is 0.130. The van der Waals surface area contributed by atoms with E-state index >= 15 is 0 Å². The van der Waals surface area contributed by atoms with Gasteiger partial charge in [-0.15, -0.1) is 0 Å². The van der Waals surface area contributed by atoms with Crippen LogP contribution in [0.5, 0.6) is 0 Å². The first-order valence-corrected chi connectivity index (χ1v) is 9.38. The third-order valence-corrected chi connectivity index (χ3v) is 4.95. The molecular formula is C23H16F4N2O2. The lowest BCUT2D eigenvalue weighted by atomic mass is 10.1. The Morgan fingerprint density at radius 1 is 1.00 bits per heavy atom. The van der Waals surface area contributed by atoms with Crippen molar-refractivity contribution in [1.82, 2.24) is 0 Å². The summed E-state index contributed by atoms with van der Waals surface area (Å²) in [5, 5.41) is 2.66. The number of anilines is 2. The van der Waals surface area contributed by atoms with Crippen molar-refractivity contribution >= 4 is 23.2 Å². The summed E-state index contributed by atoms with van der Waals surface area (Å²) < 4.78 is 52.5. The number of hydrogen-bond acceptors (Lipinski definition) is 2. The molecule has 0 bridgehead atoms. The lowest BCUT2D eigenvalue weighted by Gasteiger charge is -2.18. The van der Waals surface area contributed by atoms with Gasteiger partial charge in [-0.2, -0.15) is 13.2 Å². The van der Waals surface area contributed by atoms with Gasteiger partial charge in [0.15, 0.2) is 0 Å². The fourth-order valence-electron chi connectivity index (χ4n) is 3.55. The molecular weight excluding hydrogens is 412 g/mol. The number of fused-ring (bicyclic) bond motifs is 1. The van der Waals surface area contributed by atoms with Gasteiger partial charge in [0.1, 0.15) is 5.82 Å². The van der Waals surface area contributed by atoms with Crippen molar-refractivity contribution in [3.63, 3.8) is 0 Å². The maximum atomic E-state index is 13.3. The zero-order valence-electron chi connectivity index (χ0n) is 16.0. The van der Waals surface area contributed by atoms with Gasteiger partial charge in [0.2, 0.25) is 5.91 Å². The average molecular weight is 428 g/mol. The van der Waals surface area contributed by atoms with Crippen LogP contribution in [0.15, 0.2) is 66.7 Å². The molecule has 0 fully saturated rings. The van der Waals surface area contributed by atoms with Crippen LogP contribution in [0.4, 0.5) is 28.9 Å². The van der Waals surface area contributed by atoms with Gasteiger partial charge in [-0.25, -0.2) is 4.39 Å². The van der Waals surface area contributed by atoms with Crippen molar-refractivity contribution in [1.29, 1.82) is 0 Å². The SMILES string of the molecule is O=C(Cc1cccc(F)c1)Nc1cccc2c1C(=O)N(c1cccc(C(F)(F)F)c1)C2. The molecule has 0 saturated carbocycles. The second-order valence-corrected chi connectivity index (χ2v) is 7.13. The number of amides is 2. The van der Waals surface area contributed by atoms with Crippen LogP contribution < -0.4 is 10.2 Å². The summed E-state index contributed by atoms with van der Waals surface area (Å²) in [7, 11) is 0. The number of hydrogen-bond donors (Lipinski definition) is 1. The van der Waals surface area contributed by atoms with E-state index < -0.39 is 29.4 Å². The lowest BCUT2D eigenvalue weighted by Crippen LogP contribution is -2.24. The Labute approximate surface area is 175 Å². The third-order valence-electron chi connectivity index (χ3n) is 4.95. The van der Waals surface area contributed by atoms with Crippen molar-refractivity contribution in [2.75, 3.05) is 10.2 Å². The number of benzene rings is 3. The lowest BCUT2D eigenvalue weighted by molar-refractivity contribution is -0.137. The molecule has 0 unspecified atom stereocenters. The largest absolute Gasteiger partial charge is 0.416 e. The minimum Gasteiger partial charge on any atom is -0.325 e. The van der Waals surface area contributed by atoms with Gasteiger partial charge in [-0.3, -0.25) is 9.59 Å². The van der Waals surface area contributed by atoms with Crippen LogP contribution >= 0.6 is 0 Å². The van der Waals surface area contributed by atoms with E-state index in [0.717, 1.165) is 12.1 Å². The molecule has 1 N–H and O–H groups in total. The third kappa shape index (κ3) is 4.28. The Hall–Kier alpha value is -3.68. The number of rotatable bonds is 4. The van der Waals surface area contributed by atoms with Crippen LogP contribution in [-0.4, -0.2) is 11.8 Å². The molecule has 0 atom stereocenters. The number of alkyl halides is 3. The summed E-state index contributed by atoms with van der Waals surface area (Å²) in [6.45, 7) is 0.0864. The number of nitrogens with zero attached hydrogens (tertiary/aromatic N) is 1. The second kappa shape index (κ2) is 7.86. The van der Waals surface area contributed by atoms with E-state index in [4.69, 9.17) is 0 Å². The highest BCUT2D eigenvalue weighted by Gasteiger charge is 2.34. The molecule has 0 spiro atoms. The maximum absolute atomic E-state index is 13.3. The molecule has 158 valence electrons. The Bertz CT molecular complexity index is 1170. The first-order chi connectivity index (χ1) is 14.7. The molecule has 1 aliphatic heterocycles. The Kier molecular flexibility index (Phi) is 5.22. The predicted octanol–water partition coefficient (Wildman–Crippen LogP) is 5.19. The van der Waals surface area contributed by atoms with E-state index in [-0.39, 0.29) is 29.9 Å². The highest BCUT2D eigenvalue weighted by Crippen LogP contribution is 2.36. The first kappa shape index (κ1) is 20.6. The molecule has 2 amide bonds. The van der Waals surface area contributed by atoms with Gasteiger partial charge >= 0.3 is 6.18 Å². The smallest absolute Gasteiger partial charge is 0.325 e. The summed E-state index contributed by atoms with van der Waals surface area (Å²) in [4.78, 5) is 26.7. The van der Waals surface area contributed by atoms with Crippen molar-refractivity contribution in [3.05, 3.63) is 94.8 Å². The molecule has 3 aromatic carbocycles. The van der Waals surface area contributed by atoms with Gasteiger partial charge in [0, 0.05) is 5.69 Å². The predicted molar refractivity (Wildman–Crippen MR) is 107 cm³/mol. The molecule has 1 aliphatic rings. The van der Waals surface area contributed by atoms with E-state index in [1.54, 1.807) is 24.3 Å². The molecule has 4 nitrogen and oxygen atoms in total. The quantitative estimate of drug-likeness (QED) is 0.582. The summed E-state index contributed by atoms with van der Waals surface area (Å²) in [5.41, 5.74) is 0.823. The van der Waals surface area contributed by atoms with E-state index in [1.807, 2.05) is 0 Å². The van der Waals surface area contributed by atoms with Crippen LogP contribution in [0.3, 0.4) is 0 Å². The van der Waals surface area contributed by atoms with Crippen molar-refractivity contribution < 1.29 is 27.2 Å². The summed E-state index contributed by atoms with van der Waals surface area (Å²) >= 11 is 0. The van der Waals surface area contributed by atoms with Gasteiger partial charge in [-0.1, -0.05) is 30.3 Å². The number of nitrogens with one attached hydrogen (secondary N) is 1. The monoisotopic (exact) mass is 428 g/mol. The fourth-order valence-corrected chi connectivity index (χ4v) is 3.55. The molecule has 31 heavy (non-hydrogen) atoms. The number of carbonyl (C=O) groups is 2. The van der Waals surface area contributed by atoms with E-state index in [1.165, 1.54) is 35.2 Å². The molecule has 8 heteroatoms. The molecule has 3 aromatic rings. The van der Waals surface area contributed by atoms with Crippen LogP contribution in [-0.2, 0) is 23.9 Å². The van der Waals surface area contributed by atoms with Crippen molar-refractivity contribution in [3.8, 4) is 0 Å². The van der Waals surface area contributed by atoms with Crippen LogP contribution in [0.2, 0.25) is 0 Å².